The number of nitrogens with zero attached hydrogens (tertiary/aromatic N) is 2. The molecule has 0 spiro atoms. The Morgan fingerprint density at radius 3 is 2.83 bits per heavy atom. The highest BCUT2D eigenvalue weighted by Gasteiger charge is 2.21. The van der Waals surface area contributed by atoms with E-state index in [-0.39, 0.29) is 0 Å². The molecule has 0 bridgehead atoms. The van der Waals surface area contributed by atoms with E-state index >= 15 is 0 Å². The number of benzene rings is 1. The molecule has 3 N–H and O–H groups in total. The number of nitrogens with two attached hydrogens (primary N) is 1. The molecular weight excluding hydrogens is 316 g/mol. The molecule has 128 valence electrons. The smallest absolute Gasteiger partial charge is 0.193 e. The quantitative estimate of drug-likeness (QED) is 0.660. The molecule has 1 aliphatic heterocycles. The van der Waals surface area contributed by atoms with Gasteiger partial charge < -0.3 is 11.1 Å². The fourth-order valence-corrected chi connectivity index (χ4v) is 4.12. The Morgan fingerprint density at radius 1 is 1.33 bits per heavy atom. The molecule has 1 unspecified atom stereocenters. The number of fused-ring (bicyclic) bond motifs is 1. The number of guanidine groups is 1. The van der Waals surface area contributed by atoms with Gasteiger partial charge >= 0.3 is 0 Å². The standard InChI is InChI=1S/C19H26N4S/c1-13-8-14(2)10-17(9-13)22-19(20)21-11-15(3)23-6-4-18-16(12-23)5-7-24-18/h5,7-10,15H,4,6,11-12H2,1-3H3,(H3,20,21,22). The van der Waals surface area contributed by atoms with E-state index in [0.717, 1.165) is 25.2 Å². The lowest BCUT2D eigenvalue weighted by Gasteiger charge is -2.31. The van der Waals surface area contributed by atoms with Crippen LogP contribution in [-0.4, -0.2) is 30.0 Å². The number of rotatable bonds is 4. The third-order valence-electron chi connectivity index (χ3n) is 4.48. The Labute approximate surface area is 148 Å². The van der Waals surface area contributed by atoms with Gasteiger partial charge in [0.1, 0.15) is 0 Å². The Morgan fingerprint density at radius 2 is 2.08 bits per heavy atom. The highest BCUT2D eigenvalue weighted by molar-refractivity contribution is 7.10. The lowest BCUT2D eigenvalue weighted by molar-refractivity contribution is 0.197. The largest absolute Gasteiger partial charge is 0.370 e. The topological polar surface area (TPSA) is 53.6 Å². The van der Waals surface area contributed by atoms with E-state index in [9.17, 15) is 0 Å². The maximum absolute atomic E-state index is 6.07. The summed E-state index contributed by atoms with van der Waals surface area (Å²) in [6.45, 7) is 9.24. The van der Waals surface area contributed by atoms with Gasteiger partial charge in [0.2, 0.25) is 0 Å². The molecule has 3 rings (SSSR count). The van der Waals surface area contributed by atoms with Crippen molar-refractivity contribution in [1.82, 2.24) is 4.90 Å². The van der Waals surface area contributed by atoms with Gasteiger partial charge in [-0.3, -0.25) is 9.89 Å². The van der Waals surface area contributed by atoms with Crippen molar-refractivity contribution in [1.29, 1.82) is 0 Å². The zero-order valence-electron chi connectivity index (χ0n) is 14.7. The predicted molar refractivity (Wildman–Crippen MR) is 104 cm³/mol. The summed E-state index contributed by atoms with van der Waals surface area (Å²) >= 11 is 1.88. The molecule has 0 saturated heterocycles. The number of thiophene rings is 1. The predicted octanol–water partition coefficient (Wildman–Crippen LogP) is 3.54. The number of aliphatic imine (C=N–C) groups is 1. The monoisotopic (exact) mass is 342 g/mol. The van der Waals surface area contributed by atoms with Crippen molar-refractivity contribution in [2.75, 3.05) is 18.4 Å². The minimum atomic E-state index is 0.387. The minimum Gasteiger partial charge on any atom is -0.370 e. The van der Waals surface area contributed by atoms with Crippen LogP contribution in [0.5, 0.6) is 0 Å². The molecule has 2 aromatic rings. The molecule has 4 nitrogen and oxygen atoms in total. The molecule has 24 heavy (non-hydrogen) atoms. The van der Waals surface area contributed by atoms with Crippen LogP contribution in [-0.2, 0) is 13.0 Å². The second-order valence-corrected chi connectivity index (χ2v) is 7.67. The van der Waals surface area contributed by atoms with Gasteiger partial charge in [-0.25, -0.2) is 0 Å². The summed E-state index contributed by atoms with van der Waals surface area (Å²) in [6, 6.07) is 8.95. The van der Waals surface area contributed by atoms with Crippen molar-refractivity contribution in [3.8, 4) is 0 Å². The Hall–Kier alpha value is -1.85. The fraction of sp³-hybridized carbons (Fsp3) is 0.421. The van der Waals surface area contributed by atoms with Gasteiger partial charge in [-0.05, 0) is 67.5 Å². The first-order valence-corrected chi connectivity index (χ1v) is 9.34. The number of aryl methyl sites for hydroxylation is 2. The summed E-state index contributed by atoms with van der Waals surface area (Å²) < 4.78 is 0. The highest BCUT2D eigenvalue weighted by atomic mass is 32.1. The van der Waals surface area contributed by atoms with Gasteiger partial charge in [-0.2, -0.15) is 0 Å². The third-order valence-corrected chi connectivity index (χ3v) is 5.50. The number of hydrogen-bond acceptors (Lipinski definition) is 3. The first-order chi connectivity index (χ1) is 11.5. The Bertz CT molecular complexity index is 714. The van der Waals surface area contributed by atoms with E-state index in [0.29, 0.717) is 18.5 Å². The second kappa shape index (κ2) is 7.36. The van der Waals surface area contributed by atoms with Crippen LogP contribution in [0.1, 0.15) is 28.5 Å². The fourth-order valence-electron chi connectivity index (χ4n) is 3.23. The highest BCUT2D eigenvalue weighted by Crippen LogP contribution is 2.25. The minimum absolute atomic E-state index is 0.387. The van der Waals surface area contributed by atoms with Gasteiger partial charge in [0.25, 0.3) is 0 Å². The summed E-state index contributed by atoms with van der Waals surface area (Å²) in [5.74, 6) is 0.486. The van der Waals surface area contributed by atoms with Crippen molar-refractivity contribution < 1.29 is 0 Å². The normalized spacial score (nSPS) is 16.7. The first kappa shape index (κ1) is 17.0. The van der Waals surface area contributed by atoms with Crippen molar-refractivity contribution in [2.24, 2.45) is 10.7 Å². The van der Waals surface area contributed by atoms with E-state index < -0.39 is 0 Å². The van der Waals surface area contributed by atoms with E-state index in [1.807, 2.05) is 11.3 Å². The Kier molecular flexibility index (Phi) is 5.21. The molecule has 0 aliphatic carbocycles. The van der Waals surface area contributed by atoms with Crippen LogP contribution in [0.4, 0.5) is 5.69 Å². The van der Waals surface area contributed by atoms with E-state index in [1.165, 1.54) is 21.6 Å². The van der Waals surface area contributed by atoms with Crippen LogP contribution in [0, 0.1) is 13.8 Å². The SMILES string of the molecule is Cc1cc(C)cc(NC(N)=NCC(C)N2CCc3sccc3C2)c1. The second-order valence-electron chi connectivity index (χ2n) is 6.67. The van der Waals surface area contributed by atoms with Gasteiger partial charge in [0.15, 0.2) is 5.96 Å². The van der Waals surface area contributed by atoms with Crippen molar-refractivity contribution in [3.05, 3.63) is 51.2 Å². The van der Waals surface area contributed by atoms with Crippen LogP contribution < -0.4 is 11.1 Å². The summed E-state index contributed by atoms with van der Waals surface area (Å²) in [5.41, 5.74) is 11.0. The summed E-state index contributed by atoms with van der Waals surface area (Å²) in [5, 5.41) is 5.40. The average molecular weight is 343 g/mol. The van der Waals surface area contributed by atoms with Crippen LogP contribution in [0.2, 0.25) is 0 Å². The molecule has 1 aromatic heterocycles. The number of anilines is 1. The number of hydrogen-bond donors (Lipinski definition) is 2. The van der Waals surface area contributed by atoms with Crippen LogP contribution in [0.3, 0.4) is 0 Å². The lowest BCUT2D eigenvalue weighted by Crippen LogP contribution is -2.39. The molecule has 1 aliphatic rings. The van der Waals surface area contributed by atoms with Crippen LogP contribution in [0.25, 0.3) is 0 Å². The molecule has 2 heterocycles. The molecular formula is C19H26N4S. The zero-order valence-corrected chi connectivity index (χ0v) is 15.5. The molecule has 0 amide bonds. The van der Waals surface area contributed by atoms with Gasteiger partial charge in [0.05, 0.1) is 6.54 Å². The van der Waals surface area contributed by atoms with Gasteiger partial charge in [0, 0.05) is 29.7 Å². The van der Waals surface area contributed by atoms with Crippen LogP contribution >= 0.6 is 11.3 Å². The third kappa shape index (κ3) is 4.16. The van der Waals surface area contributed by atoms with Crippen LogP contribution in [0.15, 0.2) is 34.6 Å². The van der Waals surface area contributed by atoms with Crippen molar-refractivity contribution in [2.45, 2.75) is 39.8 Å². The summed E-state index contributed by atoms with van der Waals surface area (Å²) in [4.78, 5) is 8.57. The van der Waals surface area contributed by atoms with E-state index in [1.54, 1.807) is 0 Å². The molecule has 0 fully saturated rings. The summed E-state index contributed by atoms with van der Waals surface area (Å²) in [6.07, 6.45) is 1.15. The molecule has 1 atom stereocenters. The molecule has 0 saturated carbocycles. The van der Waals surface area contributed by atoms with E-state index in [4.69, 9.17) is 5.73 Å². The van der Waals surface area contributed by atoms with Crippen molar-refractivity contribution >= 4 is 23.0 Å². The van der Waals surface area contributed by atoms with Crippen molar-refractivity contribution in [3.63, 3.8) is 0 Å². The molecule has 0 radical (unpaired) electrons. The maximum atomic E-state index is 6.07. The van der Waals surface area contributed by atoms with E-state index in [2.05, 4.69) is 65.6 Å². The summed E-state index contributed by atoms with van der Waals surface area (Å²) in [7, 11) is 0. The van der Waals surface area contributed by atoms with Gasteiger partial charge in [-0.15, -0.1) is 11.3 Å². The maximum Gasteiger partial charge on any atom is 0.193 e. The molecule has 5 heteroatoms. The zero-order chi connectivity index (χ0) is 17.1. The Balaban J connectivity index is 1.56. The van der Waals surface area contributed by atoms with Gasteiger partial charge in [-0.1, -0.05) is 6.07 Å². The first-order valence-electron chi connectivity index (χ1n) is 8.46. The lowest BCUT2D eigenvalue weighted by atomic mass is 10.1. The average Bonchev–Trinajstić information content (AvgIpc) is 2.99. The molecule has 1 aromatic carbocycles. The number of nitrogens with one attached hydrogen (secondary N) is 1.